The average Bonchev–Trinajstić information content (AvgIpc) is 3.53. The van der Waals surface area contributed by atoms with Crippen LogP contribution < -0.4 is 20.5 Å². The Kier molecular flexibility index (Phi) is 6.10. The van der Waals surface area contributed by atoms with Gasteiger partial charge < -0.3 is 20.5 Å². The van der Waals surface area contributed by atoms with E-state index < -0.39 is 11.7 Å². The Morgan fingerprint density at radius 2 is 1.83 bits per heavy atom. The molecule has 3 aromatic heterocycles. The summed E-state index contributed by atoms with van der Waals surface area (Å²) in [6, 6.07) is 17.5. The van der Waals surface area contributed by atoms with Gasteiger partial charge in [-0.15, -0.1) is 22.7 Å². The second kappa shape index (κ2) is 9.36. The van der Waals surface area contributed by atoms with Crippen LogP contribution in [0.2, 0.25) is 0 Å². The number of ether oxygens (including phenoxy) is 2. The van der Waals surface area contributed by atoms with Crippen molar-refractivity contribution in [3.8, 4) is 33.2 Å². The topological polar surface area (TPSA) is 86.5 Å². The first kappa shape index (κ1) is 22.8. The fraction of sp³-hybridized carbons (Fsp3) is 0.0769. The number of nitrogens with two attached hydrogens (primary N) is 1. The van der Waals surface area contributed by atoms with E-state index in [0.29, 0.717) is 21.7 Å². The Morgan fingerprint density at radius 3 is 2.54 bits per heavy atom. The lowest BCUT2D eigenvalue weighted by atomic mass is 10.0. The van der Waals surface area contributed by atoms with Crippen LogP contribution in [0.4, 0.5) is 15.8 Å². The van der Waals surface area contributed by atoms with Gasteiger partial charge in [-0.1, -0.05) is 24.3 Å². The number of anilines is 2. The van der Waals surface area contributed by atoms with E-state index >= 15 is 0 Å². The van der Waals surface area contributed by atoms with Crippen molar-refractivity contribution in [2.45, 2.75) is 0 Å². The number of halogens is 1. The van der Waals surface area contributed by atoms with Crippen molar-refractivity contribution < 1.29 is 18.7 Å². The molecule has 0 saturated carbocycles. The third-order valence-corrected chi connectivity index (χ3v) is 7.49. The molecule has 176 valence electrons. The van der Waals surface area contributed by atoms with Gasteiger partial charge in [0.25, 0.3) is 5.91 Å². The molecule has 0 unspecified atom stereocenters. The molecular weight excluding hydrogens is 485 g/mol. The molecule has 2 aromatic carbocycles. The molecule has 3 heterocycles. The van der Waals surface area contributed by atoms with E-state index in [-0.39, 0.29) is 16.3 Å². The predicted molar refractivity (Wildman–Crippen MR) is 140 cm³/mol. The van der Waals surface area contributed by atoms with Crippen molar-refractivity contribution in [3.63, 3.8) is 0 Å². The Bertz CT molecular complexity index is 1550. The summed E-state index contributed by atoms with van der Waals surface area (Å²) in [6.07, 6.45) is 0. The lowest BCUT2D eigenvalue weighted by Gasteiger charge is -2.12. The number of carbonyl (C=O) groups excluding carboxylic acids is 1. The number of nitrogen functional groups attached to an aromatic ring is 1. The molecule has 35 heavy (non-hydrogen) atoms. The van der Waals surface area contributed by atoms with Gasteiger partial charge in [0.15, 0.2) is 11.5 Å². The van der Waals surface area contributed by atoms with Crippen LogP contribution in [-0.4, -0.2) is 25.1 Å². The molecule has 0 aliphatic heterocycles. The zero-order valence-electron chi connectivity index (χ0n) is 18.8. The number of aromatic nitrogens is 1. The van der Waals surface area contributed by atoms with Gasteiger partial charge in [-0.3, -0.25) is 4.79 Å². The minimum Gasteiger partial charge on any atom is -0.493 e. The highest BCUT2D eigenvalue weighted by atomic mass is 32.1. The van der Waals surface area contributed by atoms with Crippen LogP contribution in [0, 0.1) is 5.82 Å². The molecule has 0 radical (unpaired) electrons. The maximum atomic E-state index is 14.1. The molecule has 0 aliphatic carbocycles. The third-order valence-electron chi connectivity index (χ3n) is 5.50. The van der Waals surface area contributed by atoms with Crippen LogP contribution in [0.5, 0.6) is 11.5 Å². The van der Waals surface area contributed by atoms with Crippen molar-refractivity contribution in [1.82, 2.24) is 4.98 Å². The number of carbonyl (C=O) groups is 1. The second-order valence-electron chi connectivity index (χ2n) is 7.56. The van der Waals surface area contributed by atoms with Gasteiger partial charge in [0, 0.05) is 5.39 Å². The minimum absolute atomic E-state index is 0.0849. The zero-order chi connectivity index (χ0) is 24.5. The largest absolute Gasteiger partial charge is 0.493 e. The molecule has 0 spiro atoms. The fourth-order valence-electron chi connectivity index (χ4n) is 3.81. The number of fused-ring (bicyclic) bond motifs is 1. The molecule has 0 bridgehead atoms. The molecule has 6 nitrogen and oxygen atoms in total. The zero-order valence-corrected chi connectivity index (χ0v) is 20.4. The van der Waals surface area contributed by atoms with Crippen LogP contribution in [0.15, 0.2) is 66.0 Å². The number of hydrogen-bond donors (Lipinski definition) is 2. The predicted octanol–water partition coefficient (Wildman–Crippen LogP) is 6.68. The highest BCUT2D eigenvalue weighted by Crippen LogP contribution is 2.43. The minimum atomic E-state index is -0.523. The molecule has 1 amide bonds. The smallest absolute Gasteiger partial charge is 0.268 e. The van der Waals surface area contributed by atoms with Crippen LogP contribution in [-0.2, 0) is 0 Å². The molecule has 0 saturated heterocycles. The number of benzene rings is 2. The first-order valence-corrected chi connectivity index (χ1v) is 12.2. The van der Waals surface area contributed by atoms with Crippen molar-refractivity contribution in [2.75, 3.05) is 25.3 Å². The van der Waals surface area contributed by atoms with E-state index in [4.69, 9.17) is 20.2 Å². The summed E-state index contributed by atoms with van der Waals surface area (Å²) in [4.78, 5) is 19.8. The summed E-state index contributed by atoms with van der Waals surface area (Å²) in [5.74, 6) is 0.151. The number of rotatable bonds is 6. The van der Waals surface area contributed by atoms with Crippen molar-refractivity contribution in [2.24, 2.45) is 0 Å². The molecule has 0 atom stereocenters. The summed E-state index contributed by atoms with van der Waals surface area (Å²) in [5, 5.41) is 5.25. The first-order valence-electron chi connectivity index (χ1n) is 10.5. The first-order chi connectivity index (χ1) is 17.0. The number of methoxy groups -OCH3 is 2. The highest BCUT2D eigenvalue weighted by Gasteiger charge is 2.23. The molecule has 0 fully saturated rings. The summed E-state index contributed by atoms with van der Waals surface area (Å²) in [5.41, 5.74) is 9.30. The van der Waals surface area contributed by atoms with E-state index in [2.05, 4.69) is 5.32 Å². The Balaban J connectivity index is 1.69. The number of para-hydroxylation sites is 1. The summed E-state index contributed by atoms with van der Waals surface area (Å²) in [7, 11) is 3.15. The molecular formula is C26H20FN3O3S2. The quantitative estimate of drug-likeness (QED) is 0.269. The molecule has 0 aliphatic rings. The van der Waals surface area contributed by atoms with E-state index in [0.717, 1.165) is 21.7 Å². The van der Waals surface area contributed by atoms with Crippen LogP contribution in [0.1, 0.15) is 9.67 Å². The Labute approximate surface area is 208 Å². The van der Waals surface area contributed by atoms with Gasteiger partial charge in [-0.2, -0.15) is 0 Å². The fourth-order valence-corrected chi connectivity index (χ4v) is 5.51. The Morgan fingerprint density at radius 1 is 1.03 bits per heavy atom. The van der Waals surface area contributed by atoms with Gasteiger partial charge in [-0.05, 0) is 52.9 Å². The number of pyridine rings is 1. The highest BCUT2D eigenvalue weighted by molar-refractivity contribution is 7.21. The second-order valence-corrected chi connectivity index (χ2v) is 9.51. The number of amides is 1. The standard InChI is InChI=1S/C26H20FN3O3S2/c1-32-19-10-9-14(12-20(19)33-2)15-13-18(21-8-5-11-34-21)30-26-22(15)23(28)24(35-26)25(31)29-17-7-4-3-6-16(17)27/h3-13H,28H2,1-2H3,(H,29,31). The van der Waals surface area contributed by atoms with Gasteiger partial charge in [0.05, 0.1) is 36.2 Å². The number of nitrogens with one attached hydrogen (secondary N) is 1. The number of thiophene rings is 2. The summed E-state index contributed by atoms with van der Waals surface area (Å²) in [6.45, 7) is 0. The summed E-state index contributed by atoms with van der Waals surface area (Å²) >= 11 is 2.74. The van der Waals surface area contributed by atoms with Crippen LogP contribution in [0.25, 0.3) is 31.9 Å². The molecule has 3 N–H and O–H groups in total. The maximum absolute atomic E-state index is 14.1. The SMILES string of the molecule is COc1ccc(-c2cc(-c3cccs3)nc3sc(C(=O)Nc4ccccc4F)c(N)c23)cc1OC. The van der Waals surface area contributed by atoms with Gasteiger partial charge in [0.2, 0.25) is 0 Å². The van der Waals surface area contributed by atoms with Crippen molar-refractivity contribution in [3.05, 3.63) is 76.7 Å². The lowest BCUT2D eigenvalue weighted by molar-refractivity contribution is 0.103. The monoisotopic (exact) mass is 505 g/mol. The van der Waals surface area contributed by atoms with Crippen LogP contribution >= 0.6 is 22.7 Å². The normalized spacial score (nSPS) is 10.9. The average molecular weight is 506 g/mol. The third kappa shape index (κ3) is 4.20. The van der Waals surface area contributed by atoms with Gasteiger partial charge in [-0.25, -0.2) is 9.37 Å². The molecule has 9 heteroatoms. The van der Waals surface area contributed by atoms with Crippen LogP contribution in [0.3, 0.4) is 0 Å². The van der Waals surface area contributed by atoms with E-state index in [1.807, 2.05) is 41.8 Å². The molecule has 5 aromatic rings. The summed E-state index contributed by atoms with van der Waals surface area (Å²) < 4.78 is 25.0. The number of hydrogen-bond acceptors (Lipinski definition) is 7. The Hall–Kier alpha value is -3.95. The van der Waals surface area contributed by atoms with Gasteiger partial charge in [0.1, 0.15) is 15.5 Å². The van der Waals surface area contributed by atoms with E-state index in [9.17, 15) is 9.18 Å². The van der Waals surface area contributed by atoms with Crippen molar-refractivity contribution >= 4 is 50.2 Å². The van der Waals surface area contributed by atoms with Crippen molar-refractivity contribution in [1.29, 1.82) is 0 Å². The lowest BCUT2D eigenvalue weighted by Crippen LogP contribution is -2.13. The number of nitrogens with zero attached hydrogens (tertiary/aromatic N) is 1. The van der Waals surface area contributed by atoms with E-state index in [1.54, 1.807) is 37.7 Å². The van der Waals surface area contributed by atoms with Gasteiger partial charge >= 0.3 is 0 Å². The van der Waals surface area contributed by atoms with E-state index in [1.165, 1.54) is 23.5 Å². The maximum Gasteiger partial charge on any atom is 0.268 e. The molecule has 5 rings (SSSR count).